The summed E-state index contributed by atoms with van der Waals surface area (Å²) < 4.78 is 4.91. The fourth-order valence-corrected chi connectivity index (χ4v) is 1.21. The van der Waals surface area contributed by atoms with Gasteiger partial charge in [0.15, 0.2) is 0 Å². The summed E-state index contributed by atoms with van der Waals surface area (Å²) in [5.74, 6) is 0. The van der Waals surface area contributed by atoms with E-state index in [1.807, 2.05) is 6.92 Å². The minimum absolute atomic E-state index is 0.612. The Morgan fingerprint density at radius 2 is 2.50 bits per heavy atom. The second kappa shape index (κ2) is 5.02. The molecule has 0 rings (SSSR count). The molecule has 0 aliphatic heterocycles. The Hall–Kier alpha value is -0.123. The highest BCUT2D eigenvalue weighted by Gasteiger charge is 2.01. The smallest absolute Gasteiger partial charge is 0.322 e. The van der Waals surface area contributed by atoms with Gasteiger partial charge in [-0.05, 0) is 6.92 Å². The molecule has 0 amide bonds. The second-order valence-corrected chi connectivity index (χ2v) is 3.15. The summed E-state index contributed by atoms with van der Waals surface area (Å²) in [4.78, 5) is 8.89. The number of allylic oxidation sites excluding steroid dienone is 1. The van der Waals surface area contributed by atoms with E-state index in [0.717, 1.165) is 0 Å². The van der Waals surface area contributed by atoms with Crippen LogP contribution in [0.4, 0.5) is 0 Å². The third-order valence-electron chi connectivity index (χ3n) is 0.727. The fraction of sp³-hybridized carbons (Fsp3) is 0.600. The Labute approximate surface area is 51.6 Å². The van der Waals surface area contributed by atoms with Gasteiger partial charge in [-0.15, -0.1) is 6.58 Å². The molecular weight excluding hydrogens is 120 g/mol. The van der Waals surface area contributed by atoms with Gasteiger partial charge in [0.05, 0.1) is 0 Å². The summed E-state index contributed by atoms with van der Waals surface area (Å²) in [6, 6.07) is 0.647. The molecule has 0 radical (unpaired) electrons. The van der Waals surface area contributed by atoms with Crippen molar-refractivity contribution in [3.05, 3.63) is 12.7 Å². The van der Waals surface area contributed by atoms with E-state index in [-0.39, 0.29) is 0 Å². The maximum atomic E-state index is 8.89. The molecule has 0 aromatic heterocycles. The van der Waals surface area contributed by atoms with Crippen molar-refractivity contribution in [1.29, 1.82) is 0 Å². The first-order valence-electron chi connectivity index (χ1n) is 2.71. The molecule has 0 saturated carbocycles. The highest BCUT2D eigenvalue weighted by Crippen LogP contribution is 1.89. The van der Waals surface area contributed by atoms with Gasteiger partial charge in [-0.1, -0.05) is 6.08 Å². The molecule has 1 atom stereocenters. The van der Waals surface area contributed by atoms with Crippen molar-refractivity contribution < 1.29 is 9.22 Å². The molecule has 0 aliphatic rings. The van der Waals surface area contributed by atoms with Crippen LogP contribution in [0.1, 0.15) is 6.92 Å². The quantitative estimate of drug-likeness (QED) is 0.444. The van der Waals surface area contributed by atoms with Crippen molar-refractivity contribution in [2.24, 2.45) is 0 Å². The van der Waals surface area contributed by atoms with E-state index >= 15 is 0 Å². The van der Waals surface area contributed by atoms with Crippen LogP contribution in [0.2, 0.25) is 6.04 Å². The first-order valence-corrected chi connectivity index (χ1v) is 4.52. The molecule has 0 fully saturated rings. The number of hydrogen-bond acceptors (Lipinski definition) is 2. The highest BCUT2D eigenvalue weighted by molar-refractivity contribution is 6.43. The largest absolute Gasteiger partial charge is 0.413 e. The lowest BCUT2D eigenvalue weighted by atomic mass is 10.8. The molecule has 0 aliphatic carbocycles. The lowest BCUT2D eigenvalue weighted by Crippen LogP contribution is -2.15. The summed E-state index contributed by atoms with van der Waals surface area (Å²) >= 11 is 0. The first-order chi connectivity index (χ1) is 3.81. The molecule has 0 saturated heterocycles. The maximum absolute atomic E-state index is 8.89. The molecule has 0 aromatic rings. The van der Waals surface area contributed by atoms with E-state index < -0.39 is 9.28 Å². The average molecular weight is 132 g/mol. The zero-order valence-corrected chi connectivity index (χ0v) is 6.29. The zero-order valence-electron chi connectivity index (χ0n) is 5.13. The molecule has 0 spiro atoms. The van der Waals surface area contributed by atoms with E-state index in [0.29, 0.717) is 12.7 Å². The van der Waals surface area contributed by atoms with Crippen LogP contribution in [0.15, 0.2) is 12.7 Å². The SMILES string of the molecule is C=CC[SiH](O)OCC. The standard InChI is InChI=1S/C5H12O2Si/c1-3-5-8(6)7-4-2/h3,6,8H,1,4-5H2,2H3. The molecule has 48 valence electrons. The third kappa shape index (κ3) is 4.05. The molecular formula is C5H12O2Si. The Morgan fingerprint density at radius 1 is 1.88 bits per heavy atom. The fourth-order valence-electron chi connectivity index (χ4n) is 0.403. The van der Waals surface area contributed by atoms with Crippen LogP contribution in [-0.2, 0) is 4.43 Å². The van der Waals surface area contributed by atoms with Crippen molar-refractivity contribution in [2.45, 2.75) is 13.0 Å². The van der Waals surface area contributed by atoms with Gasteiger partial charge in [-0.2, -0.15) is 0 Å². The van der Waals surface area contributed by atoms with Gasteiger partial charge in [0.2, 0.25) is 0 Å². The van der Waals surface area contributed by atoms with Crippen molar-refractivity contribution in [2.75, 3.05) is 6.61 Å². The van der Waals surface area contributed by atoms with E-state index in [9.17, 15) is 0 Å². The Balaban J connectivity index is 3.03. The molecule has 0 aromatic carbocycles. The zero-order chi connectivity index (χ0) is 6.41. The van der Waals surface area contributed by atoms with Crippen molar-refractivity contribution in [1.82, 2.24) is 0 Å². The van der Waals surface area contributed by atoms with E-state index in [1.165, 1.54) is 0 Å². The summed E-state index contributed by atoms with van der Waals surface area (Å²) in [6.45, 7) is 5.96. The van der Waals surface area contributed by atoms with Crippen molar-refractivity contribution >= 4 is 9.28 Å². The van der Waals surface area contributed by atoms with Gasteiger partial charge >= 0.3 is 9.28 Å². The van der Waals surface area contributed by atoms with Gasteiger partial charge in [-0.25, -0.2) is 0 Å². The minimum Gasteiger partial charge on any atom is -0.413 e. The van der Waals surface area contributed by atoms with Crippen LogP contribution in [0.5, 0.6) is 0 Å². The summed E-state index contributed by atoms with van der Waals surface area (Å²) in [6.07, 6.45) is 1.69. The Kier molecular flexibility index (Phi) is 4.95. The first kappa shape index (κ1) is 7.88. The van der Waals surface area contributed by atoms with Crippen LogP contribution < -0.4 is 0 Å². The monoisotopic (exact) mass is 132 g/mol. The molecule has 0 bridgehead atoms. The van der Waals surface area contributed by atoms with Crippen molar-refractivity contribution in [3.63, 3.8) is 0 Å². The van der Waals surface area contributed by atoms with Crippen molar-refractivity contribution in [3.8, 4) is 0 Å². The maximum Gasteiger partial charge on any atom is 0.322 e. The second-order valence-electron chi connectivity index (χ2n) is 1.43. The van der Waals surface area contributed by atoms with Crippen LogP contribution in [-0.4, -0.2) is 20.7 Å². The van der Waals surface area contributed by atoms with Crippen LogP contribution in [0.25, 0.3) is 0 Å². The molecule has 8 heavy (non-hydrogen) atoms. The van der Waals surface area contributed by atoms with Gasteiger partial charge in [0, 0.05) is 12.7 Å². The van der Waals surface area contributed by atoms with E-state index in [1.54, 1.807) is 6.08 Å². The Bertz CT molecular complexity index is 65.4. The molecule has 2 nitrogen and oxygen atoms in total. The highest BCUT2D eigenvalue weighted by atomic mass is 28.3. The molecule has 1 unspecified atom stereocenters. The topological polar surface area (TPSA) is 29.5 Å². The predicted octanol–water partition coefficient (Wildman–Crippen LogP) is 0.422. The predicted molar refractivity (Wildman–Crippen MR) is 36.0 cm³/mol. The molecule has 0 heterocycles. The molecule has 1 N–H and O–H groups in total. The number of rotatable bonds is 4. The van der Waals surface area contributed by atoms with Gasteiger partial charge in [0.25, 0.3) is 0 Å². The van der Waals surface area contributed by atoms with Crippen LogP contribution in [0, 0.1) is 0 Å². The van der Waals surface area contributed by atoms with E-state index in [4.69, 9.17) is 9.22 Å². The van der Waals surface area contributed by atoms with Gasteiger partial charge < -0.3 is 9.22 Å². The number of hydrogen-bond donors (Lipinski definition) is 1. The normalized spacial score (nSPS) is 13.2. The van der Waals surface area contributed by atoms with Crippen LogP contribution >= 0.6 is 0 Å². The lowest BCUT2D eigenvalue weighted by molar-refractivity contribution is 0.278. The van der Waals surface area contributed by atoms with Gasteiger partial charge in [-0.3, -0.25) is 0 Å². The van der Waals surface area contributed by atoms with Crippen LogP contribution in [0.3, 0.4) is 0 Å². The molecule has 3 heteroatoms. The van der Waals surface area contributed by atoms with Gasteiger partial charge in [0.1, 0.15) is 0 Å². The Morgan fingerprint density at radius 3 is 2.88 bits per heavy atom. The van der Waals surface area contributed by atoms with E-state index in [2.05, 4.69) is 6.58 Å². The summed E-state index contributed by atoms with van der Waals surface area (Å²) in [7, 11) is -1.82. The minimum atomic E-state index is -1.82. The summed E-state index contributed by atoms with van der Waals surface area (Å²) in [5.41, 5.74) is 0. The summed E-state index contributed by atoms with van der Waals surface area (Å²) in [5, 5.41) is 0. The third-order valence-corrected chi connectivity index (χ3v) is 2.18. The lowest BCUT2D eigenvalue weighted by Gasteiger charge is -2.02. The average Bonchev–Trinajstić information content (AvgIpc) is 1.68.